The highest BCUT2D eigenvalue weighted by Gasteiger charge is 2.38. The van der Waals surface area contributed by atoms with E-state index in [-0.39, 0.29) is 11.6 Å². The van der Waals surface area contributed by atoms with Gasteiger partial charge in [-0.3, -0.25) is 4.49 Å². The van der Waals surface area contributed by atoms with Gasteiger partial charge in [-0.2, -0.15) is 4.39 Å². The number of rotatable bonds is 0. The van der Waals surface area contributed by atoms with Crippen LogP contribution in [0, 0.1) is 19.7 Å². The molecule has 0 radical (unpaired) electrons. The predicted molar refractivity (Wildman–Crippen MR) is 69.1 cm³/mol. The second-order valence-electron chi connectivity index (χ2n) is 4.96. The number of fused-ring (bicyclic) bond motifs is 2. The SMILES string of the molecule is CC1=C(F)C(C)=[N+]2Bn3c(C)c(F)c(C)c3C=C12. The Morgan fingerprint density at radius 3 is 2.50 bits per heavy atom. The van der Waals surface area contributed by atoms with Crippen molar-refractivity contribution >= 4 is 19.3 Å². The lowest BCUT2D eigenvalue weighted by atomic mass is 10.0. The van der Waals surface area contributed by atoms with Gasteiger partial charge in [-0.05, 0) is 20.8 Å². The van der Waals surface area contributed by atoms with Crippen molar-refractivity contribution in [2.24, 2.45) is 0 Å². The largest absolute Gasteiger partial charge is 0.604 e. The molecule has 1 aromatic heterocycles. The lowest BCUT2D eigenvalue weighted by Gasteiger charge is -2.12. The normalized spacial score (nSPS) is 17.8. The van der Waals surface area contributed by atoms with Crippen LogP contribution in [0.4, 0.5) is 8.78 Å². The maximum Gasteiger partial charge on any atom is 0.604 e. The van der Waals surface area contributed by atoms with Crippen molar-refractivity contribution < 1.29 is 13.3 Å². The van der Waals surface area contributed by atoms with E-state index in [1.54, 1.807) is 27.7 Å². The van der Waals surface area contributed by atoms with Gasteiger partial charge in [-0.25, -0.2) is 4.39 Å². The molecule has 0 aliphatic carbocycles. The third kappa shape index (κ3) is 1.19. The lowest BCUT2D eigenvalue weighted by Crippen LogP contribution is -2.30. The Morgan fingerprint density at radius 2 is 1.83 bits per heavy atom. The molecule has 0 N–H and O–H groups in total. The molecule has 1 aromatic rings. The summed E-state index contributed by atoms with van der Waals surface area (Å²) >= 11 is 0. The first-order valence-corrected chi connectivity index (χ1v) is 5.98. The molecule has 0 bridgehead atoms. The van der Waals surface area contributed by atoms with Crippen LogP contribution in [0.5, 0.6) is 0 Å². The number of hydrogen-bond donors (Lipinski definition) is 0. The number of halogens is 2. The highest BCUT2D eigenvalue weighted by molar-refractivity contribution is 6.29. The van der Waals surface area contributed by atoms with Gasteiger partial charge in [0.05, 0.1) is 5.57 Å². The van der Waals surface area contributed by atoms with Crippen LogP contribution in [0.15, 0.2) is 17.1 Å². The van der Waals surface area contributed by atoms with Gasteiger partial charge in [0.15, 0.2) is 17.2 Å². The van der Waals surface area contributed by atoms with Crippen LogP contribution in [-0.4, -0.2) is 22.2 Å². The van der Waals surface area contributed by atoms with E-state index in [9.17, 15) is 8.78 Å². The van der Waals surface area contributed by atoms with Crippen molar-refractivity contribution in [3.8, 4) is 0 Å². The molecule has 5 heteroatoms. The van der Waals surface area contributed by atoms with Gasteiger partial charge < -0.3 is 4.48 Å². The number of hydrogen-bond acceptors (Lipinski definition) is 0. The second kappa shape index (κ2) is 3.43. The van der Waals surface area contributed by atoms with Crippen LogP contribution in [0.25, 0.3) is 6.08 Å². The van der Waals surface area contributed by atoms with E-state index in [0.717, 1.165) is 11.4 Å². The molecule has 0 fully saturated rings. The zero-order valence-electron chi connectivity index (χ0n) is 10.9. The molecule has 3 heterocycles. The topological polar surface area (TPSA) is 7.94 Å². The van der Waals surface area contributed by atoms with Gasteiger partial charge in [0.2, 0.25) is 0 Å². The third-order valence-electron chi connectivity index (χ3n) is 4.01. The molecule has 2 nitrogen and oxygen atoms in total. The Balaban J connectivity index is 2.29. The molecule has 0 saturated carbocycles. The van der Waals surface area contributed by atoms with Crippen LogP contribution in [-0.2, 0) is 0 Å². The Morgan fingerprint density at radius 1 is 1.17 bits per heavy atom. The van der Waals surface area contributed by atoms with Crippen LogP contribution < -0.4 is 0 Å². The molecular weight excluding hydrogens is 233 g/mol. The highest BCUT2D eigenvalue weighted by Crippen LogP contribution is 2.32. The molecule has 92 valence electrons. The van der Waals surface area contributed by atoms with Crippen molar-refractivity contribution in [2.75, 3.05) is 0 Å². The molecule has 0 amide bonds. The maximum absolute atomic E-state index is 13.9. The Hall–Kier alpha value is -1.65. The highest BCUT2D eigenvalue weighted by atomic mass is 19.1. The van der Waals surface area contributed by atoms with Crippen molar-refractivity contribution in [3.05, 3.63) is 39.9 Å². The maximum atomic E-state index is 13.9. The van der Waals surface area contributed by atoms with Crippen molar-refractivity contribution in [1.82, 2.24) is 4.48 Å². The van der Waals surface area contributed by atoms with Gasteiger partial charge in [0.1, 0.15) is 5.82 Å². The van der Waals surface area contributed by atoms with E-state index in [0.29, 0.717) is 30.1 Å². The Kier molecular flexibility index (Phi) is 2.18. The zero-order valence-corrected chi connectivity index (χ0v) is 10.9. The van der Waals surface area contributed by atoms with Crippen LogP contribution >= 0.6 is 0 Å². The van der Waals surface area contributed by atoms with Crippen molar-refractivity contribution in [3.63, 3.8) is 0 Å². The summed E-state index contributed by atoms with van der Waals surface area (Å²) in [6.07, 6.45) is 1.88. The summed E-state index contributed by atoms with van der Waals surface area (Å²) in [5, 5.41) is 0. The second-order valence-corrected chi connectivity index (χ2v) is 4.96. The fourth-order valence-electron chi connectivity index (χ4n) is 2.78. The number of aromatic nitrogens is 1. The first kappa shape index (κ1) is 11.4. The predicted octanol–water partition coefficient (Wildman–Crippen LogP) is 2.44. The molecule has 0 unspecified atom stereocenters. The van der Waals surface area contributed by atoms with E-state index < -0.39 is 0 Å². The summed E-state index contributed by atoms with van der Waals surface area (Å²) < 4.78 is 31.6. The Bertz CT molecular complexity index is 678. The molecule has 0 aromatic carbocycles. The molecule has 0 saturated heterocycles. The Labute approximate surface area is 105 Å². The monoisotopic (exact) mass is 247 g/mol. The van der Waals surface area contributed by atoms with E-state index in [4.69, 9.17) is 0 Å². The van der Waals surface area contributed by atoms with Gasteiger partial charge in [0, 0.05) is 30.0 Å². The van der Waals surface area contributed by atoms with Gasteiger partial charge >= 0.3 is 7.55 Å². The minimum absolute atomic E-state index is 0.164. The van der Waals surface area contributed by atoms with E-state index in [1.165, 1.54) is 0 Å². The van der Waals surface area contributed by atoms with Gasteiger partial charge in [-0.15, -0.1) is 0 Å². The summed E-state index contributed by atoms with van der Waals surface area (Å²) in [6.45, 7) is 7.04. The summed E-state index contributed by atoms with van der Waals surface area (Å²) in [4.78, 5) is 0. The minimum atomic E-state index is -0.164. The number of allylic oxidation sites excluding steroid dienone is 2. The van der Waals surface area contributed by atoms with E-state index >= 15 is 0 Å². The quantitative estimate of drug-likeness (QED) is 0.622. The molecule has 0 atom stereocenters. The fourth-order valence-corrected chi connectivity index (χ4v) is 2.78. The molecule has 0 spiro atoms. The third-order valence-corrected chi connectivity index (χ3v) is 4.01. The van der Waals surface area contributed by atoms with Gasteiger partial charge in [0.25, 0.3) is 0 Å². The zero-order chi connectivity index (χ0) is 13.2. The molecule has 2 aliphatic heterocycles. The van der Waals surface area contributed by atoms with E-state index in [2.05, 4.69) is 0 Å². The van der Waals surface area contributed by atoms with Crippen LogP contribution in [0.2, 0.25) is 0 Å². The van der Waals surface area contributed by atoms with Crippen LogP contribution in [0.3, 0.4) is 0 Å². The molecular formula is C13H14BF2N2+. The lowest BCUT2D eigenvalue weighted by molar-refractivity contribution is -0.315. The summed E-state index contributed by atoms with van der Waals surface area (Å²) in [5.41, 5.74) is 4.18. The smallest absolute Gasteiger partial charge is 0.324 e. The minimum Gasteiger partial charge on any atom is -0.324 e. The van der Waals surface area contributed by atoms with Crippen LogP contribution in [0.1, 0.15) is 30.8 Å². The summed E-state index contributed by atoms with van der Waals surface area (Å²) in [6, 6.07) is 0. The van der Waals surface area contributed by atoms with Gasteiger partial charge in [-0.1, -0.05) is 0 Å². The summed E-state index contributed by atoms with van der Waals surface area (Å²) in [7, 11) is 0.481. The molecule has 2 aliphatic rings. The standard InChI is InChI=1S/C13H14BF2N2/c1-6-10-5-11-7(2)13(16)9(4)18(11)14-17(10)8(3)12(6)15/h5,14H,1-4H3/q+1. The molecule has 3 rings (SSSR count). The summed E-state index contributed by atoms with van der Waals surface area (Å²) in [5.74, 6) is -0.328. The molecule has 18 heavy (non-hydrogen) atoms. The fraction of sp³-hybridized carbons (Fsp3) is 0.308. The first-order chi connectivity index (χ1) is 8.43. The van der Waals surface area contributed by atoms with Crippen molar-refractivity contribution in [1.29, 1.82) is 0 Å². The average molecular weight is 247 g/mol. The number of nitrogens with zero attached hydrogens (tertiary/aromatic N) is 2. The average Bonchev–Trinajstić information content (AvgIpc) is 2.71. The first-order valence-electron chi connectivity index (χ1n) is 5.98. The van der Waals surface area contributed by atoms with E-state index in [1.807, 2.05) is 15.0 Å². The van der Waals surface area contributed by atoms with Crippen molar-refractivity contribution in [2.45, 2.75) is 27.7 Å².